The molecule has 0 radical (unpaired) electrons. The number of benzene rings is 1. The Morgan fingerprint density at radius 1 is 1.29 bits per heavy atom. The van der Waals surface area contributed by atoms with Gasteiger partial charge in [0.2, 0.25) is 0 Å². The maximum Gasteiger partial charge on any atom is 0.123 e. The second kappa shape index (κ2) is 5.71. The van der Waals surface area contributed by atoms with Gasteiger partial charge in [-0.15, -0.1) is 0 Å². The largest absolute Gasteiger partial charge is 0.496 e. The molecule has 0 spiro atoms. The minimum atomic E-state index is -0.104. The average molecular weight is 257 g/mol. The molecule has 0 saturated carbocycles. The van der Waals surface area contributed by atoms with Crippen LogP contribution in [0.3, 0.4) is 0 Å². The van der Waals surface area contributed by atoms with Crippen molar-refractivity contribution in [1.82, 2.24) is 10.6 Å². The Labute approximate surface area is 109 Å². The van der Waals surface area contributed by atoms with Crippen molar-refractivity contribution < 1.29 is 4.74 Å². The van der Waals surface area contributed by atoms with Gasteiger partial charge in [-0.3, -0.25) is 0 Å². The van der Waals surface area contributed by atoms with E-state index in [0.29, 0.717) is 5.02 Å². The van der Waals surface area contributed by atoms with E-state index < -0.39 is 0 Å². The average Bonchev–Trinajstić information content (AvgIpc) is 2.30. The lowest BCUT2D eigenvalue weighted by molar-refractivity contribution is 0.300. The standard InChI is InChI=1S/C13H21ClN2O/c1-13(2,16-4)12(15-3)10-8-9(14)6-7-11(10)17-5/h6-8,12,15-16H,1-5H3. The van der Waals surface area contributed by atoms with E-state index in [1.165, 1.54) is 0 Å². The molecule has 17 heavy (non-hydrogen) atoms. The zero-order chi connectivity index (χ0) is 13.1. The lowest BCUT2D eigenvalue weighted by Crippen LogP contribution is -2.47. The highest BCUT2D eigenvalue weighted by Gasteiger charge is 2.30. The van der Waals surface area contributed by atoms with Crippen LogP contribution in [-0.2, 0) is 0 Å². The van der Waals surface area contributed by atoms with Crippen molar-refractivity contribution >= 4 is 11.6 Å². The predicted octanol–water partition coefficient (Wildman–Crippen LogP) is 2.61. The quantitative estimate of drug-likeness (QED) is 0.850. The zero-order valence-corrected chi connectivity index (χ0v) is 11.9. The highest BCUT2D eigenvalue weighted by molar-refractivity contribution is 6.30. The first-order valence-electron chi connectivity index (χ1n) is 5.66. The Bertz CT molecular complexity index is 380. The molecular weight excluding hydrogens is 236 g/mol. The van der Waals surface area contributed by atoms with Crippen LogP contribution in [0, 0.1) is 0 Å². The smallest absolute Gasteiger partial charge is 0.123 e. The van der Waals surface area contributed by atoms with Gasteiger partial charge in [0.05, 0.1) is 13.2 Å². The number of hydrogen-bond donors (Lipinski definition) is 2. The maximum absolute atomic E-state index is 6.06. The Morgan fingerprint density at radius 2 is 1.94 bits per heavy atom. The number of nitrogens with one attached hydrogen (secondary N) is 2. The number of ether oxygens (including phenoxy) is 1. The third-order valence-electron chi connectivity index (χ3n) is 3.16. The molecule has 4 heteroatoms. The van der Waals surface area contributed by atoms with E-state index in [1.807, 2.05) is 32.3 Å². The monoisotopic (exact) mass is 256 g/mol. The van der Waals surface area contributed by atoms with Crippen LogP contribution in [0.25, 0.3) is 0 Å². The molecule has 1 rings (SSSR count). The zero-order valence-electron chi connectivity index (χ0n) is 11.1. The fraction of sp³-hybridized carbons (Fsp3) is 0.538. The molecule has 3 nitrogen and oxygen atoms in total. The van der Waals surface area contributed by atoms with Crippen molar-refractivity contribution in [2.24, 2.45) is 0 Å². The van der Waals surface area contributed by atoms with E-state index in [2.05, 4.69) is 24.5 Å². The van der Waals surface area contributed by atoms with Gasteiger partial charge in [0.15, 0.2) is 0 Å². The highest BCUT2D eigenvalue weighted by Crippen LogP contribution is 2.33. The number of hydrogen-bond acceptors (Lipinski definition) is 3. The molecule has 1 unspecified atom stereocenters. The van der Waals surface area contributed by atoms with Crippen molar-refractivity contribution in [3.05, 3.63) is 28.8 Å². The number of rotatable bonds is 5. The molecule has 0 fully saturated rings. The molecule has 1 atom stereocenters. The van der Waals surface area contributed by atoms with Crippen LogP contribution in [0.2, 0.25) is 5.02 Å². The summed E-state index contributed by atoms with van der Waals surface area (Å²) in [7, 11) is 5.55. The molecule has 0 bridgehead atoms. The second-order valence-corrected chi connectivity index (χ2v) is 5.02. The molecule has 96 valence electrons. The fourth-order valence-electron chi connectivity index (χ4n) is 1.98. The Morgan fingerprint density at radius 3 is 2.41 bits per heavy atom. The topological polar surface area (TPSA) is 33.3 Å². The van der Waals surface area contributed by atoms with E-state index in [9.17, 15) is 0 Å². The number of halogens is 1. The van der Waals surface area contributed by atoms with E-state index >= 15 is 0 Å². The molecule has 1 aromatic rings. The molecule has 0 aromatic heterocycles. The van der Waals surface area contributed by atoms with Crippen LogP contribution >= 0.6 is 11.6 Å². The summed E-state index contributed by atoms with van der Waals surface area (Å²) in [5.41, 5.74) is 0.953. The SMILES string of the molecule is CNC(c1cc(Cl)ccc1OC)C(C)(C)NC. The van der Waals surface area contributed by atoms with E-state index in [1.54, 1.807) is 7.11 Å². The van der Waals surface area contributed by atoms with Crippen LogP contribution in [0.5, 0.6) is 5.75 Å². The molecular formula is C13H21ClN2O. The van der Waals surface area contributed by atoms with Crippen LogP contribution in [0.1, 0.15) is 25.5 Å². The van der Waals surface area contributed by atoms with Crippen LogP contribution < -0.4 is 15.4 Å². The van der Waals surface area contributed by atoms with Gasteiger partial charge >= 0.3 is 0 Å². The normalized spacial score (nSPS) is 13.5. The molecule has 0 saturated heterocycles. The lowest BCUT2D eigenvalue weighted by atomic mass is 9.88. The van der Waals surface area contributed by atoms with Crippen molar-refractivity contribution in [1.29, 1.82) is 0 Å². The number of likely N-dealkylation sites (N-methyl/N-ethyl adjacent to an activating group) is 2. The van der Waals surface area contributed by atoms with Gasteiger partial charge in [-0.2, -0.15) is 0 Å². The van der Waals surface area contributed by atoms with Crippen molar-refractivity contribution in [3.8, 4) is 5.75 Å². The molecule has 2 N–H and O–H groups in total. The van der Waals surface area contributed by atoms with E-state index in [4.69, 9.17) is 16.3 Å². The Kier molecular flexibility index (Phi) is 4.80. The van der Waals surface area contributed by atoms with Gasteiger partial charge < -0.3 is 15.4 Å². The lowest BCUT2D eigenvalue weighted by Gasteiger charge is -2.35. The van der Waals surface area contributed by atoms with Crippen molar-refractivity contribution in [2.45, 2.75) is 25.4 Å². The summed E-state index contributed by atoms with van der Waals surface area (Å²) in [6.45, 7) is 4.27. The first kappa shape index (κ1) is 14.3. The van der Waals surface area contributed by atoms with Gasteiger partial charge in [0, 0.05) is 16.1 Å². The summed E-state index contributed by atoms with van der Waals surface area (Å²) in [5.74, 6) is 0.845. The summed E-state index contributed by atoms with van der Waals surface area (Å²) in [5, 5.41) is 7.33. The van der Waals surface area contributed by atoms with Crippen molar-refractivity contribution in [2.75, 3.05) is 21.2 Å². The minimum Gasteiger partial charge on any atom is -0.496 e. The summed E-state index contributed by atoms with van der Waals surface area (Å²) in [6.07, 6.45) is 0. The predicted molar refractivity (Wildman–Crippen MR) is 72.9 cm³/mol. The second-order valence-electron chi connectivity index (χ2n) is 4.58. The van der Waals surface area contributed by atoms with Gasteiger partial charge in [0.1, 0.15) is 5.75 Å². The minimum absolute atomic E-state index is 0.104. The molecule has 0 aliphatic carbocycles. The van der Waals surface area contributed by atoms with Crippen LogP contribution in [-0.4, -0.2) is 26.7 Å². The molecule has 0 heterocycles. The third kappa shape index (κ3) is 3.12. The highest BCUT2D eigenvalue weighted by atomic mass is 35.5. The molecule has 0 amide bonds. The van der Waals surface area contributed by atoms with Crippen molar-refractivity contribution in [3.63, 3.8) is 0 Å². The summed E-state index contributed by atoms with van der Waals surface area (Å²) >= 11 is 6.06. The fourth-order valence-corrected chi connectivity index (χ4v) is 2.16. The first-order valence-corrected chi connectivity index (χ1v) is 6.03. The summed E-state index contributed by atoms with van der Waals surface area (Å²) in [6, 6.07) is 5.79. The van der Waals surface area contributed by atoms with E-state index in [-0.39, 0.29) is 11.6 Å². The van der Waals surface area contributed by atoms with Gasteiger partial charge in [-0.1, -0.05) is 11.6 Å². The maximum atomic E-state index is 6.06. The summed E-state index contributed by atoms with van der Waals surface area (Å²) < 4.78 is 5.40. The van der Waals surface area contributed by atoms with Crippen LogP contribution in [0.4, 0.5) is 0 Å². The van der Waals surface area contributed by atoms with Gasteiger partial charge in [-0.05, 0) is 46.1 Å². The molecule has 1 aromatic carbocycles. The molecule has 0 aliphatic heterocycles. The van der Waals surface area contributed by atoms with E-state index in [0.717, 1.165) is 11.3 Å². The molecule has 0 aliphatic rings. The Hall–Kier alpha value is -0.770. The first-order chi connectivity index (χ1) is 7.96. The Balaban J connectivity index is 3.23. The van der Waals surface area contributed by atoms with Gasteiger partial charge in [0.25, 0.3) is 0 Å². The number of methoxy groups -OCH3 is 1. The van der Waals surface area contributed by atoms with Crippen LogP contribution in [0.15, 0.2) is 18.2 Å². The third-order valence-corrected chi connectivity index (χ3v) is 3.39. The van der Waals surface area contributed by atoms with Gasteiger partial charge in [-0.25, -0.2) is 0 Å². The summed E-state index contributed by atoms with van der Waals surface area (Å²) in [4.78, 5) is 0.